The van der Waals surface area contributed by atoms with E-state index in [0.717, 1.165) is 37.1 Å². The fourth-order valence-electron chi connectivity index (χ4n) is 1.76. The van der Waals surface area contributed by atoms with E-state index in [-0.39, 0.29) is 0 Å². The minimum absolute atomic E-state index is 0.699. The Morgan fingerprint density at radius 2 is 2.45 bits per heavy atom. The normalized spacial score (nSPS) is 30.5. The monoisotopic (exact) mass is 153 g/mol. The van der Waals surface area contributed by atoms with Crippen LogP contribution in [0.2, 0.25) is 0 Å². The Kier molecular flexibility index (Phi) is 1.76. The SMILES string of the molecule is F[C@H]1CCCC2=NCCC=C21. The minimum atomic E-state index is -0.720. The lowest BCUT2D eigenvalue weighted by Crippen LogP contribution is -2.22. The molecule has 0 aromatic rings. The highest BCUT2D eigenvalue weighted by atomic mass is 19.1. The van der Waals surface area contributed by atoms with Crippen molar-refractivity contribution >= 4 is 5.71 Å². The van der Waals surface area contributed by atoms with Gasteiger partial charge in [-0.2, -0.15) is 0 Å². The Morgan fingerprint density at radius 3 is 3.27 bits per heavy atom. The van der Waals surface area contributed by atoms with E-state index in [1.54, 1.807) is 0 Å². The summed E-state index contributed by atoms with van der Waals surface area (Å²) in [5, 5.41) is 0. The van der Waals surface area contributed by atoms with E-state index in [1.165, 1.54) is 0 Å². The van der Waals surface area contributed by atoms with Crippen molar-refractivity contribution in [3.05, 3.63) is 11.6 Å². The summed E-state index contributed by atoms with van der Waals surface area (Å²) in [4.78, 5) is 4.31. The summed E-state index contributed by atoms with van der Waals surface area (Å²) in [5.41, 5.74) is 1.93. The van der Waals surface area contributed by atoms with Crippen LogP contribution >= 0.6 is 0 Å². The lowest BCUT2D eigenvalue weighted by Gasteiger charge is -2.23. The molecule has 1 fully saturated rings. The van der Waals surface area contributed by atoms with Crippen molar-refractivity contribution in [3.8, 4) is 0 Å². The zero-order chi connectivity index (χ0) is 7.68. The molecule has 0 N–H and O–H groups in total. The summed E-state index contributed by atoms with van der Waals surface area (Å²) < 4.78 is 13.2. The number of fused-ring (bicyclic) bond motifs is 1. The Morgan fingerprint density at radius 1 is 1.55 bits per heavy atom. The van der Waals surface area contributed by atoms with Gasteiger partial charge in [-0.15, -0.1) is 0 Å². The smallest absolute Gasteiger partial charge is 0.127 e. The summed E-state index contributed by atoms with van der Waals surface area (Å²) in [5.74, 6) is 0. The number of hydrogen-bond donors (Lipinski definition) is 0. The minimum Gasteiger partial charge on any atom is -0.289 e. The number of aliphatic imine (C=N–C) groups is 1. The number of allylic oxidation sites excluding steroid dienone is 1. The van der Waals surface area contributed by atoms with Gasteiger partial charge in [0.05, 0.1) is 0 Å². The molecule has 11 heavy (non-hydrogen) atoms. The maximum absolute atomic E-state index is 13.2. The van der Waals surface area contributed by atoms with Crippen molar-refractivity contribution in [2.24, 2.45) is 4.99 Å². The van der Waals surface area contributed by atoms with Gasteiger partial charge < -0.3 is 0 Å². The van der Waals surface area contributed by atoms with E-state index < -0.39 is 6.17 Å². The number of halogens is 1. The third kappa shape index (κ3) is 1.22. The van der Waals surface area contributed by atoms with E-state index in [1.807, 2.05) is 6.08 Å². The molecule has 1 nitrogen and oxygen atoms in total. The first-order chi connectivity index (χ1) is 5.38. The summed E-state index contributed by atoms with van der Waals surface area (Å²) in [6.07, 6.45) is 4.89. The Labute approximate surface area is 66.0 Å². The third-order valence-corrected chi connectivity index (χ3v) is 2.34. The number of rotatable bonds is 0. The topological polar surface area (TPSA) is 12.4 Å². The molecule has 1 aliphatic heterocycles. The van der Waals surface area contributed by atoms with Crippen LogP contribution in [0.15, 0.2) is 16.6 Å². The molecule has 1 heterocycles. The third-order valence-electron chi connectivity index (χ3n) is 2.34. The highest BCUT2D eigenvalue weighted by Crippen LogP contribution is 2.26. The first kappa shape index (κ1) is 7.01. The Balaban J connectivity index is 2.24. The quantitative estimate of drug-likeness (QED) is 0.506. The van der Waals surface area contributed by atoms with Gasteiger partial charge in [-0.3, -0.25) is 4.99 Å². The van der Waals surface area contributed by atoms with Crippen LogP contribution in [-0.2, 0) is 0 Å². The molecule has 0 amide bonds. The van der Waals surface area contributed by atoms with Gasteiger partial charge in [0.15, 0.2) is 0 Å². The van der Waals surface area contributed by atoms with Crippen molar-refractivity contribution in [2.75, 3.05) is 6.54 Å². The molecule has 0 spiro atoms. The van der Waals surface area contributed by atoms with E-state index in [0.29, 0.717) is 6.42 Å². The Bertz CT molecular complexity index is 218. The lowest BCUT2D eigenvalue weighted by atomic mass is 9.89. The van der Waals surface area contributed by atoms with Gasteiger partial charge in [0.25, 0.3) is 0 Å². The molecule has 0 radical (unpaired) electrons. The number of alkyl halides is 1. The molecule has 0 aromatic heterocycles. The van der Waals surface area contributed by atoms with Gasteiger partial charge >= 0.3 is 0 Å². The molecule has 1 aliphatic carbocycles. The van der Waals surface area contributed by atoms with Crippen molar-refractivity contribution < 1.29 is 4.39 Å². The van der Waals surface area contributed by atoms with E-state index >= 15 is 0 Å². The predicted molar refractivity (Wildman–Crippen MR) is 43.7 cm³/mol. The first-order valence-corrected chi connectivity index (χ1v) is 4.26. The summed E-state index contributed by atoms with van der Waals surface area (Å²) >= 11 is 0. The summed E-state index contributed by atoms with van der Waals surface area (Å²) in [6, 6.07) is 0. The van der Waals surface area contributed by atoms with Crippen LogP contribution in [-0.4, -0.2) is 18.4 Å². The van der Waals surface area contributed by atoms with Gasteiger partial charge in [-0.25, -0.2) is 4.39 Å². The van der Waals surface area contributed by atoms with Crippen LogP contribution in [0, 0.1) is 0 Å². The Hall–Kier alpha value is -0.660. The molecular formula is C9H12FN. The number of nitrogens with zero attached hydrogens (tertiary/aromatic N) is 1. The second kappa shape index (κ2) is 2.76. The van der Waals surface area contributed by atoms with Crippen molar-refractivity contribution in [1.82, 2.24) is 0 Å². The van der Waals surface area contributed by atoms with E-state index in [4.69, 9.17) is 0 Å². The van der Waals surface area contributed by atoms with Crippen LogP contribution in [0.1, 0.15) is 25.7 Å². The van der Waals surface area contributed by atoms with Crippen LogP contribution < -0.4 is 0 Å². The maximum Gasteiger partial charge on any atom is 0.127 e. The molecule has 2 rings (SSSR count). The molecule has 60 valence electrons. The van der Waals surface area contributed by atoms with E-state index in [2.05, 4.69) is 4.99 Å². The second-order valence-electron chi connectivity index (χ2n) is 3.14. The standard InChI is InChI=1S/C9H12FN/c10-8-4-1-5-9-7(8)3-2-6-11-9/h3,8H,1-2,4-6H2/t8-/m0/s1. The highest BCUT2D eigenvalue weighted by Gasteiger charge is 2.24. The van der Waals surface area contributed by atoms with Crippen molar-refractivity contribution in [1.29, 1.82) is 0 Å². The van der Waals surface area contributed by atoms with Crippen LogP contribution in [0.25, 0.3) is 0 Å². The fraction of sp³-hybridized carbons (Fsp3) is 0.667. The summed E-state index contributed by atoms with van der Waals surface area (Å²) in [7, 11) is 0. The second-order valence-corrected chi connectivity index (χ2v) is 3.14. The molecule has 0 bridgehead atoms. The van der Waals surface area contributed by atoms with E-state index in [9.17, 15) is 4.39 Å². The zero-order valence-corrected chi connectivity index (χ0v) is 6.52. The van der Waals surface area contributed by atoms with Crippen LogP contribution in [0.3, 0.4) is 0 Å². The highest BCUT2D eigenvalue weighted by molar-refractivity contribution is 6.02. The largest absolute Gasteiger partial charge is 0.289 e. The number of hydrogen-bond acceptors (Lipinski definition) is 1. The van der Waals surface area contributed by atoms with Gasteiger partial charge in [0.1, 0.15) is 6.17 Å². The summed E-state index contributed by atoms with van der Waals surface area (Å²) in [6.45, 7) is 0.867. The average Bonchev–Trinajstić information content (AvgIpc) is 2.06. The molecular weight excluding hydrogens is 141 g/mol. The molecule has 0 unspecified atom stereocenters. The fourth-order valence-corrected chi connectivity index (χ4v) is 1.76. The zero-order valence-electron chi connectivity index (χ0n) is 6.52. The van der Waals surface area contributed by atoms with Crippen LogP contribution in [0.4, 0.5) is 4.39 Å². The van der Waals surface area contributed by atoms with Gasteiger partial charge in [-0.05, 0) is 25.7 Å². The molecule has 2 heteroatoms. The molecule has 2 aliphatic rings. The van der Waals surface area contributed by atoms with Crippen LogP contribution in [0.5, 0.6) is 0 Å². The molecule has 1 saturated carbocycles. The molecule has 0 aromatic carbocycles. The average molecular weight is 153 g/mol. The lowest BCUT2D eigenvalue weighted by molar-refractivity contribution is 0.351. The van der Waals surface area contributed by atoms with Gasteiger partial charge in [0.2, 0.25) is 0 Å². The van der Waals surface area contributed by atoms with Crippen molar-refractivity contribution in [2.45, 2.75) is 31.9 Å². The first-order valence-electron chi connectivity index (χ1n) is 4.26. The van der Waals surface area contributed by atoms with Crippen molar-refractivity contribution in [3.63, 3.8) is 0 Å². The number of dihydropyridines is 1. The van der Waals surface area contributed by atoms with Gasteiger partial charge in [0, 0.05) is 17.8 Å². The predicted octanol–water partition coefficient (Wildman–Crippen LogP) is 2.28. The molecule has 0 saturated heterocycles. The maximum atomic E-state index is 13.2. The molecule has 1 atom stereocenters. The van der Waals surface area contributed by atoms with Gasteiger partial charge in [-0.1, -0.05) is 6.08 Å².